The molecule has 0 fully saturated rings. The van der Waals surface area contributed by atoms with Crippen LogP contribution in [0.4, 0.5) is 5.69 Å². The number of nitrogens with one attached hydrogen (secondary N) is 1. The minimum Gasteiger partial charge on any atom is -0.439 e. The van der Waals surface area contributed by atoms with Crippen molar-refractivity contribution in [3.05, 3.63) is 83.1 Å². The van der Waals surface area contributed by atoms with Crippen LogP contribution in [0.3, 0.4) is 0 Å². The number of hydrogen-bond acceptors (Lipinski definition) is 6. The second kappa shape index (κ2) is 8.54. The van der Waals surface area contributed by atoms with Gasteiger partial charge in [0, 0.05) is 29.2 Å². The highest BCUT2D eigenvalue weighted by atomic mass is 35.5. The standard InChI is InChI=1S/C20H15Cl2N5O3S/c1-13-23-8-9-27(13)19-11-20(25-12-24-19)30-16-5-3-15(4-6-16)26-31(28,29)18-10-14(21)2-7-17(18)22/h2-12,26H,1H3. The van der Waals surface area contributed by atoms with Crippen LogP contribution in [0.5, 0.6) is 11.6 Å². The van der Waals surface area contributed by atoms with Gasteiger partial charge in [0.2, 0.25) is 5.88 Å². The van der Waals surface area contributed by atoms with Crippen LogP contribution in [-0.2, 0) is 10.0 Å². The van der Waals surface area contributed by atoms with E-state index in [4.69, 9.17) is 27.9 Å². The number of ether oxygens (including phenoxy) is 1. The fraction of sp³-hybridized carbons (Fsp3) is 0.0500. The van der Waals surface area contributed by atoms with Crippen LogP contribution in [0.1, 0.15) is 5.82 Å². The molecule has 1 N–H and O–H groups in total. The van der Waals surface area contributed by atoms with Crippen molar-refractivity contribution in [1.29, 1.82) is 0 Å². The topological polar surface area (TPSA) is 99.0 Å². The number of nitrogens with zero attached hydrogens (tertiary/aromatic N) is 4. The lowest BCUT2D eigenvalue weighted by atomic mass is 10.3. The number of anilines is 1. The number of aryl methyl sites for hydroxylation is 1. The van der Waals surface area contributed by atoms with Gasteiger partial charge in [0.05, 0.1) is 5.02 Å². The lowest BCUT2D eigenvalue weighted by Gasteiger charge is -2.11. The SMILES string of the molecule is Cc1nccn1-c1cc(Oc2ccc(NS(=O)(=O)c3cc(Cl)ccc3Cl)cc2)ncn1. The van der Waals surface area contributed by atoms with Gasteiger partial charge < -0.3 is 4.74 Å². The summed E-state index contributed by atoms with van der Waals surface area (Å²) < 4.78 is 35.3. The van der Waals surface area contributed by atoms with E-state index in [0.29, 0.717) is 23.1 Å². The predicted octanol–water partition coefficient (Wildman–Crippen LogP) is 4.87. The van der Waals surface area contributed by atoms with Crippen molar-refractivity contribution in [2.24, 2.45) is 0 Å². The van der Waals surface area contributed by atoms with E-state index in [9.17, 15) is 8.42 Å². The molecule has 0 spiro atoms. The largest absolute Gasteiger partial charge is 0.439 e. The first-order valence-corrected chi connectivity index (χ1v) is 11.1. The fourth-order valence-electron chi connectivity index (χ4n) is 2.74. The Morgan fingerprint density at radius 1 is 1.00 bits per heavy atom. The van der Waals surface area contributed by atoms with Crippen LogP contribution in [0, 0.1) is 6.92 Å². The van der Waals surface area contributed by atoms with E-state index in [1.807, 2.05) is 6.92 Å². The van der Waals surface area contributed by atoms with Crippen molar-refractivity contribution in [2.45, 2.75) is 11.8 Å². The maximum Gasteiger partial charge on any atom is 0.263 e. The smallest absolute Gasteiger partial charge is 0.263 e. The third-order valence-corrected chi connectivity index (χ3v) is 6.31. The predicted molar refractivity (Wildman–Crippen MR) is 118 cm³/mol. The van der Waals surface area contributed by atoms with Crippen molar-refractivity contribution in [3.63, 3.8) is 0 Å². The molecular weight excluding hydrogens is 461 g/mol. The van der Waals surface area contributed by atoms with Gasteiger partial charge in [-0.25, -0.2) is 23.4 Å². The molecule has 0 bridgehead atoms. The summed E-state index contributed by atoms with van der Waals surface area (Å²) in [5, 5.41) is 0.341. The quantitative estimate of drug-likeness (QED) is 0.426. The molecule has 158 valence electrons. The molecule has 0 aliphatic heterocycles. The second-order valence-corrected chi connectivity index (χ2v) is 8.86. The van der Waals surface area contributed by atoms with E-state index < -0.39 is 10.0 Å². The Kier molecular flexibility index (Phi) is 5.81. The molecule has 4 aromatic rings. The Labute approximate surface area is 188 Å². The Morgan fingerprint density at radius 3 is 2.48 bits per heavy atom. The van der Waals surface area contributed by atoms with Gasteiger partial charge in [-0.3, -0.25) is 9.29 Å². The molecule has 0 atom stereocenters. The molecular formula is C20H15Cl2N5O3S. The molecule has 31 heavy (non-hydrogen) atoms. The summed E-state index contributed by atoms with van der Waals surface area (Å²) in [6.07, 6.45) is 4.85. The Balaban J connectivity index is 1.50. The fourth-order valence-corrected chi connectivity index (χ4v) is 4.56. The Hall–Kier alpha value is -3.14. The summed E-state index contributed by atoms with van der Waals surface area (Å²) >= 11 is 11.9. The van der Waals surface area contributed by atoms with Gasteiger partial charge in [0.1, 0.15) is 28.6 Å². The van der Waals surface area contributed by atoms with E-state index >= 15 is 0 Å². The molecule has 8 nitrogen and oxygen atoms in total. The Bertz CT molecular complexity index is 1340. The number of halogens is 2. The molecule has 0 saturated carbocycles. The summed E-state index contributed by atoms with van der Waals surface area (Å²) in [7, 11) is -3.91. The zero-order valence-electron chi connectivity index (χ0n) is 16.0. The average molecular weight is 476 g/mol. The monoisotopic (exact) mass is 475 g/mol. The number of hydrogen-bond donors (Lipinski definition) is 1. The molecule has 0 unspecified atom stereocenters. The molecule has 2 heterocycles. The Morgan fingerprint density at radius 2 is 1.77 bits per heavy atom. The number of sulfonamides is 1. The molecule has 0 aliphatic rings. The van der Waals surface area contributed by atoms with Gasteiger partial charge in [-0.05, 0) is 49.4 Å². The highest BCUT2D eigenvalue weighted by molar-refractivity contribution is 7.92. The average Bonchev–Trinajstić information content (AvgIpc) is 3.17. The summed E-state index contributed by atoms with van der Waals surface area (Å²) in [5.74, 6) is 2.19. The van der Waals surface area contributed by atoms with E-state index in [1.165, 1.54) is 24.5 Å². The lowest BCUT2D eigenvalue weighted by Crippen LogP contribution is -2.13. The van der Waals surface area contributed by atoms with Gasteiger partial charge in [-0.2, -0.15) is 0 Å². The van der Waals surface area contributed by atoms with Crippen LogP contribution >= 0.6 is 23.2 Å². The lowest BCUT2D eigenvalue weighted by molar-refractivity contribution is 0.461. The molecule has 11 heteroatoms. The van der Waals surface area contributed by atoms with Crippen LogP contribution in [0.25, 0.3) is 5.82 Å². The molecule has 4 rings (SSSR count). The van der Waals surface area contributed by atoms with Crippen molar-refractivity contribution >= 4 is 38.9 Å². The second-order valence-electron chi connectivity index (χ2n) is 6.37. The first-order chi connectivity index (χ1) is 14.8. The van der Waals surface area contributed by atoms with Crippen LogP contribution < -0.4 is 9.46 Å². The van der Waals surface area contributed by atoms with Crippen molar-refractivity contribution in [3.8, 4) is 17.4 Å². The van der Waals surface area contributed by atoms with Crippen molar-refractivity contribution < 1.29 is 13.2 Å². The van der Waals surface area contributed by atoms with Gasteiger partial charge in [-0.15, -0.1) is 0 Å². The van der Waals surface area contributed by atoms with E-state index in [0.717, 1.165) is 5.82 Å². The maximum absolute atomic E-state index is 12.6. The van der Waals surface area contributed by atoms with Crippen LogP contribution in [-0.4, -0.2) is 27.9 Å². The van der Waals surface area contributed by atoms with Crippen molar-refractivity contribution in [2.75, 3.05) is 4.72 Å². The molecule has 0 saturated heterocycles. The number of benzene rings is 2. The number of rotatable bonds is 6. The molecule has 0 amide bonds. The van der Waals surface area contributed by atoms with Gasteiger partial charge >= 0.3 is 0 Å². The third-order valence-electron chi connectivity index (χ3n) is 4.21. The van der Waals surface area contributed by atoms with E-state index in [-0.39, 0.29) is 14.9 Å². The minimum atomic E-state index is -3.91. The molecule has 2 aromatic heterocycles. The van der Waals surface area contributed by atoms with E-state index in [1.54, 1.807) is 47.3 Å². The van der Waals surface area contributed by atoms with Gasteiger partial charge in [0.25, 0.3) is 10.0 Å². The zero-order chi connectivity index (χ0) is 22.0. The first kappa shape index (κ1) is 21.1. The third kappa shape index (κ3) is 4.79. The zero-order valence-corrected chi connectivity index (χ0v) is 18.4. The van der Waals surface area contributed by atoms with E-state index in [2.05, 4.69) is 19.7 Å². The highest BCUT2D eigenvalue weighted by Gasteiger charge is 2.18. The molecule has 0 aliphatic carbocycles. The summed E-state index contributed by atoms with van der Waals surface area (Å²) in [5.41, 5.74) is 0.334. The number of aromatic nitrogens is 4. The van der Waals surface area contributed by atoms with Crippen molar-refractivity contribution in [1.82, 2.24) is 19.5 Å². The molecule has 0 radical (unpaired) electrons. The number of imidazole rings is 1. The highest BCUT2D eigenvalue weighted by Crippen LogP contribution is 2.28. The molecule has 2 aromatic carbocycles. The maximum atomic E-state index is 12.6. The van der Waals surface area contributed by atoms with Gasteiger partial charge in [-0.1, -0.05) is 23.2 Å². The normalized spacial score (nSPS) is 11.3. The van der Waals surface area contributed by atoms with Crippen LogP contribution in [0.2, 0.25) is 10.0 Å². The van der Waals surface area contributed by atoms with Gasteiger partial charge in [0.15, 0.2) is 0 Å². The summed E-state index contributed by atoms with van der Waals surface area (Å²) in [6.45, 7) is 1.86. The van der Waals surface area contributed by atoms with Crippen LogP contribution in [0.15, 0.2) is 72.1 Å². The summed E-state index contributed by atoms with van der Waals surface area (Å²) in [6, 6.07) is 12.3. The first-order valence-electron chi connectivity index (χ1n) is 8.90. The summed E-state index contributed by atoms with van der Waals surface area (Å²) in [4.78, 5) is 12.4. The minimum absolute atomic E-state index is 0.0737.